The van der Waals surface area contributed by atoms with Crippen LogP contribution in [0.4, 0.5) is 0 Å². The van der Waals surface area contributed by atoms with Crippen molar-refractivity contribution >= 4 is 21.2 Å². The Hall–Kier alpha value is -0.390. The van der Waals surface area contributed by atoms with Crippen LogP contribution in [0.1, 0.15) is 12.0 Å². The highest BCUT2D eigenvalue weighted by atomic mass is 32.2. The van der Waals surface area contributed by atoms with E-state index in [-0.39, 0.29) is 11.2 Å². The van der Waals surface area contributed by atoms with Gasteiger partial charge in [0.1, 0.15) is 0 Å². The minimum absolute atomic E-state index is 0.208. The molecule has 0 aromatic carbocycles. The van der Waals surface area contributed by atoms with Crippen LogP contribution in [0, 0.1) is 5.41 Å². The molecule has 1 atom stereocenters. The molecule has 1 unspecified atom stereocenters. The summed E-state index contributed by atoms with van der Waals surface area (Å²) in [6.07, 6.45) is 1.51. The van der Waals surface area contributed by atoms with Gasteiger partial charge in [-0.15, -0.1) is 0 Å². The molecule has 15 heavy (non-hydrogen) atoms. The normalized spacial score (nSPS) is 29.4. The molecule has 0 radical (unpaired) electrons. The lowest BCUT2D eigenvalue weighted by molar-refractivity contribution is 0.345. The van der Waals surface area contributed by atoms with Crippen molar-refractivity contribution < 1.29 is 8.42 Å². The van der Waals surface area contributed by atoms with Crippen LogP contribution >= 0.6 is 11.3 Å². The molecule has 2 rings (SSSR count). The van der Waals surface area contributed by atoms with Gasteiger partial charge in [-0.05, 0) is 41.8 Å². The lowest BCUT2D eigenvalue weighted by atomic mass is 9.82. The van der Waals surface area contributed by atoms with Crippen LogP contribution in [0.3, 0.4) is 0 Å². The highest BCUT2D eigenvalue weighted by molar-refractivity contribution is 7.91. The number of hydrogen-bond acceptors (Lipinski definition) is 4. The maximum Gasteiger partial charge on any atom is 0.150 e. The first-order valence-corrected chi connectivity index (χ1v) is 7.73. The second kappa shape index (κ2) is 3.88. The molecule has 1 aliphatic heterocycles. The van der Waals surface area contributed by atoms with Crippen LogP contribution in [0.2, 0.25) is 0 Å². The molecule has 2 N–H and O–H groups in total. The second-order valence-corrected chi connectivity index (χ2v) is 7.32. The zero-order valence-corrected chi connectivity index (χ0v) is 10.1. The molecular weight excluding hydrogens is 230 g/mol. The van der Waals surface area contributed by atoms with Crippen molar-refractivity contribution in [3.05, 3.63) is 22.4 Å². The topological polar surface area (TPSA) is 60.2 Å². The second-order valence-electron chi connectivity index (χ2n) is 4.35. The van der Waals surface area contributed by atoms with Gasteiger partial charge in [-0.25, -0.2) is 8.42 Å². The van der Waals surface area contributed by atoms with Crippen LogP contribution in [0.25, 0.3) is 0 Å². The molecule has 84 valence electrons. The van der Waals surface area contributed by atoms with Crippen molar-refractivity contribution in [3.8, 4) is 0 Å². The van der Waals surface area contributed by atoms with Gasteiger partial charge in [-0.1, -0.05) is 0 Å². The minimum atomic E-state index is -2.85. The molecule has 1 aliphatic rings. The Labute approximate surface area is 94.2 Å². The van der Waals surface area contributed by atoms with Gasteiger partial charge >= 0.3 is 0 Å². The first kappa shape index (κ1) is 11.1. The zero-order valence-electron chi connectivity index (χ0n) is 8.48. The Morgan fingerprint density at radius 1 is 1.53 bits per heavy atom. The van der Waals surface area contributed by atoms with E-state index in [0.29, 0.717) is 18.7 Å². The van der Waals surface area contributed by atoms with E-state index < -0.39 is 9.84 Å². The maximum absolute atomic E-state index is 11.5. The summed E-state index contributed by atoms with van der Waals surface area (Å²) in [5.41, 5.74) is 6.75. The summed E-state index contributed by atoms with van der Waals surface area (Å²) in [7, 11) is -2.85. The largest absolute Gasteiger partial charge is 0.330 e. The molecule has 0 aliphatic carbocycles. The van der Waals surface area contributed by atoms with Gasteiger partial charge in [0, 0.05) is 5.41 Å². The molecule has 1 fully saturated rings. The lowest BCUT2D eigenvalue weighted by Gasteiger charge is -2.25. The molecule has 5 heteroatoms. The third-order valence-electron chi connectivity index (χ3n) is 3.06. The predicted octanol–water partition coefficient (Wildman–Crippen LogP) is 1.05. The Morgan fingerprint density at radius 3 is 2.80 bits per heavy atom. The Kier molecular flexibility index (Phi) is 2.87. The Morgan fingerprint density at radius 2 is 2.33 bits per heavy atom. The molecule has 1 saturated heterocycles. The van der Waals surface area contributed by atoms with E-state index in [2.05, 4.69) is 5.38 Å². The highest BCUT2D eigenvalue weighted by Gasteiger charge is 2.41. The third-order valence-corrected chi connectivity index (χ3v) is 5.67. The van der Waals surface area contributed by atoms with Crippen LogP contribution in [0.15, 0.2) is 16.8 Å². The van der Waals surface area contributed by atoms with E-state index >= 15 is 0 Å². The van der Waals surface area contributed by atoms with Gasteiger partial charge in [0.15, 0.2) is 9.84 Å². The summed E-state index contributed by atoms with van der Waals surface area (Å²) in [5, 5.41) is 4.09. The number of hydrogen-bond donors (Lipinski definition) is 1. The summed E-state index contributed by atoms with van der Waals surface area (Å²) in [5.74, 6) is 0.556. The van der Waals surface area contributed by atoms with Crippen molar-refractivity contribution in [2.45, 2.75) is 12.8 Å². The van der Waals surface area contributed by atoms with Gasteiger partial charge in [-0.2, -0.15) is 11.3 Å². The maximum atomic E-state index is 11.5. The summed E-state index contributed by atoms with van der Waals surface area (Å²) in [6, 6.07) is 2.05. The standard InChI is InChI=1S/C10H15NO2S2/c11-7-10(2-4-15(12,13)8-10)5-9-1-3-14-6-9/h1,3,6H,2,4-5,7-8,11H2. The van der Waals surface area contributed by atoms with Crippen LogP contribution < -0.4 is 5.73 Å². The molecule has 2 heterocycles. The number of rotatable bonds is 3. The fourth-order valence-corrected chi connectivity index (χ4v) is 5.04. The third kappa shape index (κ3) is 2.41. The van der Waals surface area contributed by atoms with E-state index in [1.54, 1.807) is 11.3 Å². The fraction of sp³-hybridized carbons (Fsp3) is 0.600. The molecule has 1 aromatic heterocycles. The van der Waals surface area contributed by atoms with E-state index in [4.69, 9.17) is 5.73 Å². The predicted molar refractivity (Wildman–Crippen MR) is 62.8 cm³/mol. The average Bonchev–Trinajstić information content (AvgIpc) is 2.75. The van der Waals surface area contributed by atoms with Crippen LogP contribution in [-0.2, 0) is 16.3 Å². The highest BCUT2D eigenvalue weighted by Crippen LogP contribution is 2.35. The van der Waals surface area contributed by atoms with Crippen molar-refractivity contribution in [1.29, 1.82) is 0 Å². The van der Waals surface area contributed by atoms with Crippen LogP contribution in [-0.4, -0.2) is 26.5 Å². The van der Waals surface area contributed by atoms with Crippen molar-refractivity contribution in [1.82, 2.24) is 0 Å². The quantitative estimate of drug-likeness (QED) is 0.866. The molecule has 3 nitrogen and oxygen atoms in total. The Bertz CT molecular complexity index is 424. The number of nitrogens with two attached hydrogens (primary N) is 1. The van der Waals surface area contributed by atoms with Gasteiger partial charge in [0.25, 0.3) is 0 Å². The van der Waals surface area contributed by atoms with Crippen LogP contribution in [0.5, 0.6) is 0 Å². The average molecular weight is 245 g/mol. The first-order chi connectivity index (χ1) is 7.05. The van der Waals surface area contributed by atoms with E-state index in [1.807, 2.05) is 11.4 Å². The van der Waals surface area contributed by atoms with E-state index in [9.17, 15) is 8.42 Å². The van der Waals surface area contributed by atoms with Crippen molar-refractivity contribution in [2.24, 2.45) is 11.1 Å². The van der Waals surface area contributed by atoms with Gasteiger partial charge in [0.05, 0.1) is 11.5 Å². The zero-order chi connectivity index (χ0) is 10.9. The minimum Gasteiger partial charge on any atom is -0.330 e. The Balaban J connectivity index is 2.17. The molecule has 0 saturated carbocycles. The van der Waals surface area contributed by atoms with E-state index in [0.717, 1.165) is 6.42 Å². The van der Waals surface area contributed by atoms with Gasteiger partial charge in [0.2, 0.25) is 0 Å². The number of sulfone groups is 1. The first-order valence-electron chi connectivity index (χ1n) is 4.97. The molecular formula is C10H15NO2S2. The summed E-state index contributed by atoms with van der Waals surface area (Å²) in [6.45, 7) is 0.460. The smallest absolute Gasteiger partial charge is 0.150 e. The molecule has 0 amide bonds. The van der Waals surface area contributed by atoms with E-state index in [1.165, 1.54) is 5.56 Å². The molecule has 0 spiro atoms. The molecule has 1 aromatic rings. The lowest BCUT2D eigenvalue weighted by Crippen LogP contribution is -2.33. The van der Waals surface area contributed by atoms with Gasteiger partial charge in [-0.3, -0.25) is 0 Å². The monoisotopic (exact) mass is 245 g/mol. The van der Waals surface area contributed by atoms with Crippen molar-refractivity contribution in [2.75, 3.05) is 18.1 Å². The fourth-order valence-electron chi connectivity index (χ4n) is 2.18. The van der Waals surface area contributed by atoms with Gasteiger partial charge < -0.3 is 5.73 Å². The van der Waals surface area contributed by atoms with Crippen molar-refractivity contribution in [3.63, 3.8) is 0 Å². The number of thiophene rings is 1. The summed E-state index contributed by atoms with van der Waals surface area (Å²) < 4.78 is 23.0. The SMILES string of the molecule is NCC1(Cc2ccsc2)CCS(=O)(=O)C1. The summed E-state index contributed by atoms with van der Waals surface area (Å²) >= 11 is 1.64. The summed E-state index contributed by atoms with van der Waals surface area (Å²) in [4.78, 5) is 0. The molecule has 0 bridgehead atoms.